The Bertz CT molecular complexity index is 650. The first kappa shape index (κ1) is 14.0. The summed E-state index contributed by atoms with van der Waals surface area (Å²) in [5.74, 6) is -0.719. The van der Waals surface area contributed by atoms with Gasteiger partial charge in [0, 0.05) is 18.2 Å². The Morgan fingerprint density at radius 2 is 2.20 bits per heavy atom. The normalized spacial score (nSPS) is 12.2. The fraction of sp³-hybridized carbons (Fsp3) is 0.286. The van der Waals surface area contributed by atoms with Crippen molar-refractivity contribution in [1.82, 2.24) is 9.78 Å². The summed E-state index contributed by atoms with van der Waals surface area (Å²) in [6.45, 7) is 1.42. The van der Waals surface area contributed by atoms with Crippen LogP contribution in [0.3, 0.4) is 0 Å². The minimum Gasteiger partial charge on any atom is -0.496 e. The highest BCUT2D eigenvalue weighted by molar-refractivity contribution is 5.87. The molecule has 20 heavy (non-hydrogen) atoms. The van der Waals surface area contributed by atoms with Crippen LogP contribution in [0.4, 0.5) is 4.39 Å². The number of aromatic carboxylic acids is 1. The summed E-state index contributed by atoms with van der Waals surface area (Å²) in [4.78, 5) is 11.0. The summed E-state index contributed by atoms with van der Waals surface area (Å²) >= 11 is 0. The number of benzene rings is 1. The van der Waals surface area contributed by atoms with Gasteiger partial charge < -0.3 is 9.84 Å². The number of alkyl halides is 1. The number of halogens is 1. The first-order valence-electron chi connectivity index (χ1n) is 6.04. The topological polar surface area (TPSA) is 64.3 Å². The molecule has 0 spiro atoms. The minimum atomic E-state index is -1.18. The molecule has 0 aliphatic carbocycles. The van der Waals surface area contributed by atoms with E-state index in [0.29, 0.717) is 22.6 Å². The van der Waals surface area contributed by atoms with E-state index < -0.39 is 12.1 Å². The van der Waals surface area contributed by atoms with E-state index in [1.807, 2.05) is 0 Å². The number of aryl methyl sites for hydroxylation is 1. The van der Waals surface area contributed by atoms with E-state index in [1.54, 1.807) is 25.2 Å². The van der Waals surface area contributed by atoms with Crippen molar-refractivity contribution in [3.8, 4) is 17.0 Å². The van der Waals surface area contributed by atoms with Crippen LogP contribution < -0.4 is 4.74 Å². The molecule has 0 fully saturated rings. The van der Waals surface area contributed by atoms with Gasteiger partial charge in [-0.1, -0.05) is 12.1 Å². The third-order valence-electron chi connectivity index (χ3n) is 3.05. The predicted octanol–water partition coefficient (Wildman–Crippen LogP) is 2.82. The number of carbonyl (C=O) groups is 1. The maximum Gasteiger partial charge on any atom is 0.356 e. The molecule has 0 aliphatic heterocycles. The summed E-state index contributed by atoms with van der Waals surface area (Å²) in [5, 5.41) is 12.9. The molecule has 2 aromatic rings. The monoisotopic (exact) mass is 278 g/mol. The molecular weight excluding hydrogens is 263 g/mol. The Balaban J connectivity index is 2.63. The van der Waals surface area contributed by atoms with E-state index >= 15 is 0 Å². The molecule has 1 aromatic heterocycles. The van der Waals surface area contributed by atoms with Crippen molar-refractivity contribution in [2.45, 2.75) is 13.1 Å². The van der Waals surface area contributed by atoms with Gasteiger partial charge in [0.1, 0.15) is 11.9 Å². The van der Waals surface area contributed by atoms with E-state index in [9.17, 15) is 9.18 Å². The molecule has 2 rings (SSSR count). The molecule has 0 aliphatic rings. The average molecular weight is 278 g/mol. The number of hydrogen-bond donors (Lipinski definition) is 1. The van der Waals surface area contributed by atoms with Crippen LogP contribution in [0.25, 0.3) is 11.3 Å². The summed E-state index contributed by atoms with van der Waals surface area (Å²) < 4.78 is 20.3. The summed E-state index contributed by atoms with van der Waals surface area (Å²) in [5.41, 5.74) is 1.52. The zero-order valence-corrected chi connectivity index (χ0v) is 11.4. The number of nitrogens with zero attached hydrogens (tertiary/aromatic N) is 2. The Morgan fingerprint density at radius 1 is 1.50 bits per heavy atom. The minimum absolute atomic E-state index is 0.0664. The Labute approximate surface area is 115 Å². The van der Waals surface area contributed by atoms with E-state index in [0.717, 1.165) is 0 Å². The number of para-hydroxylation sites is 1. The lowest BCUT2D eigenvalue weighted by molar-refractivity contribution is 0.0689. The number of carboxylic acid groups (broad SMARTS) is 1. The van der Waals surface area contributed by atoms with E-state index in [-0.39, 0.29) is 5.69 Å². The Morgan fingerprint density at radius 3 is 2.70 bits per heavy atom. The lowest BCUT2D eigenvalue weighted by Crippen LogP contribution is -2.00. The van der Waals surface area contributed by atoms with Gasteiger partial charge in [-0.25, -0.2) is 9.18 Å². The van der Waals surface area contributed by atoms with Gasteiger partial charge >= 0.3 is 5.97 Å². The van der Waals surface area contributed by atoms with Crippen LogP contribution in [0.15, 0.2) is 24.3 Å². The van der Waals surface area contributed by atoms with Gasteiger partial charge in [-0.15, -0.1) is 0 Å². The van der Waals surface area contributed by atoms with Crippen molar-refractivity contribution in [1.29, 1.82) is 0 Å². The molecule has 1 N–H and O–H groups in total. The molecule has 106 valence electrons. The highest BCUT2D eigenvalue weighted by Crippen LogP contribution is 2.37. The molecule has 6 heteroatoms. The molecular formula is C14H15FN2O3. The second-order valence-corrected chi connectivity index (χ2v) is 4.39. The van der Waals surface area contributed by atoms with Crippen LogP contribution in [-0.2, 0) is 7.05 Å². The lowest BCUT2D eigenvalue weighted by Gasteiger charge is -2.14. The van der Waals surface area contributed by atoms with E-state index in [2.05, 4.69) is 5.10 Å². The standard InChI is InChI=1S/C14H15FN2O3/c1-8(15)9-5-4-6-10(13(9)20-3)12-7-11(14(18)19)16-17(12)2/h4-8H,1-3H3,(H,18,19). The number of ether oxygens (including phenoxy) is 1. The van der Waals surface area contributed by atoms with Crippen LogP contribution in [0.2, 0.25) is 0 Å². The van der Waals surface area contributed by atoms with Crippen LogP contribution >= 0.6 is 0 Å². The van der Waals surface area contributed by atoms with Crippen molar-refractivity contribution < 1.29 is 19.0 Å². The first-order chi connectivity index (χ1) is 9.45. The quantitative estimate of drug-likeness (QED) is 0.934. The van der Waals surface area contributed by atoms with Gasteiger partial charge in [-0.2, -0.15) is 5.10 Å². The Hall–Kier alpha value is -2.37. The van der Waals surface area contributed by atoms with Crippen molar-refractivity contribution in [2.24, 2.45) is 7.05 Å². The van der Waals surface area contributed by atoms with E-state index in [4.69, 9.17) is 9.84 Å². The number of rotatable bonds is 4. The predicted molar refractivity (Wildman–Crippen MR) is 71.7 cm³/mol. The van der Waals surface area contributed by atoms with Crippen LogP contribution in [-0.4, -0.2) is 28.0 Å². The smallest absolute Gasteiger partial charge is 0.356 e. The molecule has 1 unspecified atom stereocenters. The molecule has 0 saturated heterocycles. The van der Waals surface area contributed by atoms with Gasteiger partial charge in [0.2, 0.25) is 0 Å². The van der Waals surface area contributed by atoms with E-state index in [1.165, 1.54) is 24.8 Å². The third-order valence-corrected chi connectivity index (χ3v) is 3.05. The molecule has 0 bridgehead atoms. The summed E-state index contributed by atoms with van der Waals surface area (Å²) in [6, 6.07) is 6.53. The third kappa shape index (κ3) is 2.36. The lowest BCUT2D eigenvalue weighted by atomic mass is 10.0. The molecule has 1 heterocycles. The molecule has 1 atom stereocenters. The Kier molecular flexibility index (Phi) is 3.74. The largest absolute Gasteiger partial charge is 0.496 e. The van der Waals surface area contributed by atoms with Gasteiger partial charge in [-0.3, -0.25) is 4.68 Å². The van der Waals surface area contributed by atoms with Gasteiger partial charge in [0.25, 0.3) is 0 Å². The molecule has 5 nitrogen and oxygen atoms in total. The number of carboxylic acids is 1. The van der Waals surface area contributed by atoms with Crippen molar-refractivity contribution >= 4 is 5.97 Å². The second kappa shape index (κ2) is 5.32. The van der Waals surface area contributed by atoms with Crippen molar-refractivity contribution in [2.75, 3.05) is 7.11 Å². The van der Waals surface area contributed by atoms with Crippen LogP contribution in [0, 0.1) is 0 Å². The maximum absolute atomic E-state index is 13.6. The van der Waals surface area contributed by atoms with Gasteiger partial charge in [0.15, 0.2) is 5.69 Å². The van der Waals surface area contributed by atoms with Crippen molar-refractivity contribution in [3.63, 3.8) is 0 Å². The zero-order chi connectivity index (χ0) is 14.9. The number of aromatic nitrogens is 2. The highest BCUT2D eigenvalue weighted by atomic mass is 19.1. The zero-order valence-electron chi connectivity index (χ0n) is 11.4. The molecule has 0 radical (unpaired) electrons. The SMILES string of the molecule is COc1c(-c2cc(C(=O)O)nn2C)cccc1C(C)F. The summed E-state index contributed by atoms with van der Waals surface area (Å²) in [7, 11) is 3.09. The first-order valence-corrected chi connectivity index (χ1v) is 6.04. The van der Waals surface area contributed by atoms with Crippen LogP contribution in [0.1, 0.15) is 29.1 Å². The van der Waals surface area contributed by atoms with Crippen molar-refractivity contribution in [3.05, 3.63) is 35.5 Å². The molecule has 0 amide bonds. The highest BCUT2D eigenvalue weighted by Gasteiger charge is 2.19. The fourth-order valence-electron chi connectivity index (χ4n) is 2.12. The van der Waals surface area contributed by atoms with Crippen LogP contribution in [0.5, 0.6) is 5.75 Å². The second-order valence-electron chi connectivity index (χ2n) is 4.39. The number of hydrogen-bond acceptors (Lipinski definition) is 3. The average Bonchev–Trinajstić information content (AvgIpc) is 2.79. The fourth-order valence-corrected chi connectivity index (χ4v) is 2.12. The summed E-state index contributed by atoms with van der Waals surface area (Å²) in [6.07, 6.45) is -1.18. The van der Waals surface area contributed by atoms with Gasteiger partial charge in [-0.05, 0) is 19.1 Å². The van der Waals surface area contributed by atoms with Gasteiger partial charge in [0.05, 0.1) is 12.8 Å². The number of methoxy groups -OCH3 is 1. The maximum atomic E-state index is 13.6. The molecule has 0 saturated carbocycles. The molecule has 1 aromatic carbocycles.